The zero-order valence-electron chi connectivity index (χ0n) is 11.1. The van der Waals surface area contributed by atoms with Crippen LogP contribution < -0.4 is 15.9 Å². The maximum Gasteiger partial charge on any atom is 0.272 e. The molecular weight excluding hydrogens is 244 g/mol. The lowest BCUT2D eigenvalue weighted by Crippen LogP contribution is -2.53. The third kappa shape index (κ3) is 4.11. The van der Waals surface area contributed by atoms with Gasteiger partial charge in [0.15, 0.2) is 6.61 Å². The van der Waals surface area contributed by atoms with Crippen molar-refractivity contribution in [2.24, 2.45) is 0 Å². The number of amides is 1. The number of nitrogens with zero attached hydrogens (tertiary/aromatic N) is 2. The third-order valence-electron chi connectivity index (χ3n) is 3.06. The van der Waals surface area contributed by atoms with Crippen LogP contribution in [0.4, 0.5) is 5.69 Å². The number of ether oxygens (including phenoxy) is 1. The van der Waals surface area contributed by atoms with Crippen LogP contribution in [0, 0.1) is 0 Å². The van der Waals surface area contributed by atoms with Crippen LogP contribution in [0.15, 0.2) is 24.3 Å². The zero-order chi connectivity index (χ0) is 13.7. The Morgan fingerprint density at radius 3 is 2.68 bits per heavy atom. The molecule has 0 aliphatic carbocycles. The lowest BCUT2D eigenvalue weighted by molar-refractivity contribution is -0.128. The first-order valence-electron chi connectivity index (χ1n) is 6.35. The fraction of sp³-hybridized carbons (Fsp3) is 0.462. The van der Waals surface area contributed by atoms with E-state index in [9.17, 15) is 4.79 Å². The summed E-state index contributed by atoms with van der Waals surface area (Å²) in [6.45, 7) is 3.53. The number of nitrogen functional groups attached to an aromatic ring is 1. The van der Waals surface area contributed by atoms with Crippen molar-refractivity contribution in [1.29, 1.82) is 0 Å². The Hall–Kier alpha value is -1.79. The molecule has 6 heteroatoms. The van der Waals surface area contributed by atoms with E-state index in [-0.39, 0.29) is 12.5 Å². The third-order valence-corrected chi connectivity index (χ3v) is 3.06. The molecule has 0 bridgehead atoms. The predicted octanol–water partition coefficient (Wildman–Crippen LogP) is -0.0738. The molecule has 1 saturated heterocycles. The van der Waals surface area contributed by atoms with Gasteiger partial charge in [-0.25, -0.2) is 5.01 Å². The maximum atomic E-state index is 11.7. The molecule has 0 unspecified atom stereocenters. The molecule has 1 amide bonds. The van der Waals surface area contributed by atoms with E-state index in [1.54, 1.807) is 12.1 Å². The van der Waals surface area contributed by atoms with Gasteiger partial charge in [0.05, 0.1) is 5.69 Å². The van der Waals surface area contributed by atoms with E-state index in [0.717, 1.165) is 26.2 Å². The molecule has 19 heavy (non-hydrogen) atoms. The maximum absolute atomic E-state index is 11.7. The van der Waals surface area contributed by atoms with Crippen LogP contribution in [-0.2, 0) is 4.79 Å². The average molecular weight is 264 g/mol. The number of carbonyl (C=O) groups excluding carboxylic acids is 1. The van der Waals surface area contributed by atoms with Crippen molar-refractivity contribution in [2.75, 3.05) is 45.6 Å². The summed E-state index contributed by atoms with van der Waals surface area (Å²) in [4.78, 5) is 14.0. The molecule has 0 saturated carbocycles. The number of nitrogens with one attached hydrogen (secondary N) is 1. The van der Waals surface area contributed by atoms with Crippen LogP contribution >= 0.6 is 0 Å². The fourth-order valence-electron chi connectivity index (χ4n) is 1.88. The second-order valence-corrected chi connectivity index (χ2v) is 4.65. The summed E-state index contributed by atoms with van der Waals surface area (Å²) in [7, 11) is 2.07. The van der Waals surface area contributed by atoms with Gasteiger partial charge < -0.3 is 15.4 Å². The van der Waals surface area contributed by atoms with Crippen LogP contribution in [0.5, 0.6) is 5.75 Å². The van der Waals surface area contributed by atoms with Crippen molar-refractivity contribution < 1.29 is 9.53 Å². The number of hydrogen-bond donors (Lipinski definition) is 2. The molecule has 0 radical (unpaired) electrons. The van der Waals surface area contributed by atoms with Crippen molar-refractivity contribution in [2.45, 2.75) is 0 Å². The number of nitrogens with two attached hydrogens (primary N) is 1. The summed E-state index contributed by atoms with van der Waals surface area (Å²) < 4.78 is 5.39. The van der Waals surface area contributed by atoms with Gasteiger partial charge in [-0.3, -0.25) is 10.2 Å². The van der Waals surface area contributed by atoms with Gasteiger partial charge in [0.25, 0.3) is 5.91 Å². The Kier molecular flexibility index (Phi) is 4.59. The van der Waals surface area contributed by atoms with Gasteiger partial charge in [-0.1, -0.05) is 12.1 Å². The Morgan fingerprint density at radius 1 is 1.32 bits per heavy atom. The number of hydrazine groups is 1. The predicted molar refractivity (Wildman–Crippen MR) is 73.6 cm³/mol. The van der Waals surface area contributed by atoms with Crippen LogP contribution in [0.25, 0.3) is 0 Å². The number of hydrogen-bond acceptors (Lipinski definition) is 5. The molecule has 6 nitrogen and oxygen atoms in total. The number of piperazine rings is 1. The molecule has 0 aromatic heterocycles. The Bertz CT molecular complexity index is 430. The molecule has 1 aromatic rings. The number of benzene rings is 1. The van der Waals surface area contributed by atoms with Crippen molar-refractivity contribution in [3.05, 3.63) is 24.3 Å². The van der Waals surface area contributed by atoms with E-state index in [4.69, 9.17) is 10.5 Å². The second kappa shape index (κ2) is 6.40. The second-order valence-electron chi connectivity index (χ2n) is 4.65. The van der Waals surface area contributed by atoms with Crippen molar-refractivity contribution in [3.8, 4) is 5.75 Å². The zero-order valence-corrected chi connectivity index (χ0v) is 11.1. The van der Waals surface area contributed by atoms with E-state index in [2.05, 4.69) is 17.4 Å². The van der Waals surface area contributed by atoms with Crippen LogP contribution in [0.3, 0.4) is 0 Å². The van der Waals surface area contributed by atoms with Crippen LogP contribution in [0.1, 0.15) is 0 Å². The molecule has 1 aliphatic heterocycles. The smallest absolute Gasteiger partial charge is 0.272 e. The average Bonchev–Trinajstić information content (AvgIpc) is 2.40. The molecular formula is C13H20N4O2. The number of para-hydroxylation sites is 2. The minimum atomic E-state index is -0.159. The standard InChI is InChI=1S/C13H20N4O2/c1-16-6-8-17(9-7-16)15-13(18)10-19-12-5-3-2-4-11(12)14/h2-5H,6-10,14H2,1H3,(H,15,18). The van der Waals surface area contributed by atoms with Crippen molar-refractivity contribution in [3.63, 3.8) is 0 Å². The van der Waals surface area contributed by atoms with E-state index >= 15 is 0 Å². The van der Waals surface area contributed by atoms with Gasteiger partial charge in [0.1, 0.15) is 5.75 Å². The monoisotopic (exact) mass is 264 g/mol. The lowest BCUT2D eigenvalue weighted by atomic mass is 10.3. The molecule has 1 heterocycles. The summed E-state index contributed by atoms with van der Waals surface area (Å²) >= 11 is 0. The number of likely N-dealkylation sites (N-methyl/N-ethyl adjacent to an activating group) is 1. The first-order chi connectivity index (χ1) is 9.15. The van der Waals surface area contributed by atoms with E-state index < -0.39 is 0 Å². The summed E-state index contributed by atoms with van der Waals surface area (Å²) in [6.07, 6.45) is 0. The lowest BCUT2D eigenvalue weighted by Gasteiger charge is -2.32. The SMILES string of the molecule is CN1CCN(NC(=O)COc2ccccc2N)CC1. The summed E-state index contributed by atoms with van der Waals surface area (Å²) in [5.41, 5.74) is 9.10. The normalized spacial score (nSPS) is 17.1. The van der Waals surface area contributed by atoms with Crippen LogP contribution in [-0.4, -0.2) is 55.6 Å². The van der Waals surface area contributed by atoms with Crippen LogP contribution in [0.2, 0.25) is 0 Å². The van der Waals surface area contributed by atoms with Gasteiger partial charge in [-0.15, -0.1) is 0 Å². The van der Waals surface area contributed by atoms with Crippen molar-refractivity contribution >= 4 is 11.6 Å². The van der Waals surface area contributed by atoms with Gasteiger partial charge in [0, 0.05) is 26.2 Å². The van der Waals surface area contributed by atoms with Gasteiger partial charge >= 0.3 is 0 Å². The topological polar surface area (TPSA) is 70.8 Å². The molecule has 1 aliphatic rings. The largest absolute Gasteiger partial charge is 0.482 e. The summed E-state index contributed by atoms with van der Waals surface area (Å²) in [5.74, 6) is 0.379. The Labute approximate surface area is 113 Å². The number of anilines is 1. The van der Waals surface area contributed by atoms with Crippen molar-refractivity contribution in [1.82, 2.24) is 15.3 Å². The molecule has 3 N–H and O–H groups in total. The van der Waals surface area contributed by atoms with E-state index in [0.29, 0.717) is 11.4 Å². The van der Waals surface area contributed by atoms with Gasteiger partial charge in [-0.2, -0.15) is 0 Å². The molecule has 1 fully saturated rings. The van der Waals surface area contributed by atoms with Gasteiger partial charge in [0.2, 0.25) is 0 Å². The minimum Gasteiger partial charge on any atom is -0.482 e. The van der Waals surface area contributed by atoms with Gasteiger partial charge in [-0.05, 0) is 19.2 Å². The summed E-state index contributed by atoms with van der Waals surface area (Å²) in [5, 5.41) is 1.92. The molecule has 2 rings (SSSR count). The summed E-state index contributed by atoms with van der Waals surface area (Å²) in [6, 6.07) is 7.14. The number of rotatable bonds is 4. The highest BCUT2D eigenvalue weighted by Gasteiger charge is 2.15. The molecule has 0 atom stereocenters. The first-order valence-corrected chi connectivity index (χ1v) is 6.35. The highest BCUT2D eigenvalue weighted by Crippen LogP contribution is 2.19. The molecule has 1 aromatic carbocycles. The number of carbonyl (C=O) groups is 1. The fourth-order valence-corrected chi connectivity index (χ4v) is 1.88. The van der Waals surface area contributed by atoms with E-state index in [1.807, 2.05) is 17.1 Å². The highest BCUT2D eigenvalue weighted by atomic mass is 16.5. The quantitative estimate of drug-likeness (QED) is 0.745. The molecule has 104 valence electrons. The first kappa shape index (κ1) is 13.6. The van der Waals surface area contributed by atoms with E-state index in [1.165, 1.54) is 0 Å². The molecule has 0 spiro atoms. The Balaban J connectivity index is 1.74. The minimum absolute atomic E-state index is 0.0272. The Morgan fingerprint density at radius 2 is 2.00 bits per heavy atom. The highest BCUT2D eigenvalue weighted by molar-refractivity contribution is 5.77.